The van der Waals surface area contributed by atoms with Crippen LogP contribution in [0, 0.1) is 0 Å². The van der Waals surface area contributed by atoms with Gasteiger partial charge < -0.3 is 10.1 Å². The van der Waals surface area contributed by atoms with E-state index in [4.69, 9.17) is 4.74 Å². The highest BCUT2D eigenvalue weighted by Crippen LogP contribution is 2.29. The van der Waals surface area contributed by atoms with E-state index in [1.54, 1.807) is 13.0 Å². The number of amides is 1. The Morgan fingerprint density at radius 3 is 2.55 bits per heavy atom. The first-order valence-electron chi connectivity index (χ1n) is 7.04. The predicted octanol–water partition coefficient (Wildman–Crippen LogP) is 2.25. The Kier molecular flexibility index (Phi) is 7.02. The van der Waals surface area contributed by atoms with E-state index in [1.165, 1.54) is 11.3 Å². The van der Waals surface area contributed by atoms with Gasteiger partial charge in [-0.05, 0) is 25.8 Å². The van der Waals surface area contributed by atoms with Crippen LogP contribution in [0.2, 0.25) is 0 Å². The molecule has 0 atom stereocenters. The number of thiophene rings is 1. The van der Waals surface area contributed by atoms with Gasteiger partial charge in [0.05, 0.1) is 17.9 Å². The van der Waals surface area contributed by atoms with Crippen molar-refractivity contribution in [3.8, 4) is 0 Å². The molecule has 0 saturated heterocycles. The van der Waals surface area contributed by atoms with Crippen molar-refractivity contribution in [3.63, 3.8) is 0 Å². The summed E-state index contributed by atoms with van der Waals surface area (Å²) in [5.74, 6) is -0.806. The van der Waals surface area contributed by atoms with Crippen LogP contribution in [-0.4, -0.2) is 38.9 Å². The van der Waals surface area contributed by atoms with Crippen LogP contribution in [0.4, 0.5) is 5.00 Å². The third kappa shape index (κ3) is 6.15. The zero-order valence-electron chi connectivity index (χ0n) is 13.0. The quantitative estimate of drug-likeness (QED) is 0.729. The molecule has 0 aliphatic heterocycles. The zero-order valence-corrected chi connectivity index (χ0v) is 14.6. The van der Waals surface area contributed by atoms with E-state index < -0.39 is 15.8 Å². The second-order valence-electron chi connectivity index (χ2n) is 4.81. The highest BCUT2D eigenvalue weighted by atomic mass is 32.2. The molecule has 1 aromatic heterocycles. The number of anilines is 1. The largest absolute Gasteiger partial charge is 0.462 e. The number of rotatable bonds is 8. The molecule has 0 aromatic carbocycles. The molecule has 0 spiro atoms. The van der Waals surface area contributed by atoms with Crippen LogP contribution >= 0.6 is 11.3 Å². The van der Waals surface area contributed by atoms with E-state index in [0.29, 0.717) is 10.6 Å². The van der Waals surface area contributed by atoms with Crippen LogP contribution in [-0.2, 0) is 25.8 Å². The number of aryl methyl sites for hydroxylation is 1. The molecule has 0 radical (unpaired) electrons. The minimum absolute atomic E-state index is 0.0319. The van der Waals surface area contributed by atoms with Crippen LogP contribution in [0.1, 0.15) is 41.9 Å². The number of ether oxygens (including phenoxy) is 1. The van der Waals surface area contributed by atoms with Gasteiger partial charge in [0.15, 0.2) is 0 Å². The summed E-state index contributed by atoms with van der Waals surface area (Å²) in [6, 6.07) is 1.72. The summed E-state index contributed by atoms with van der Waals surface area (Å²) in [7, 11) is -3.07. The molecule has 1 rings (SSSR count). The van der Waals surface area contributed by atoms with Gasteiger partial charge in [0, 0.05) is 17.6 Å². The van der Waals surface area contributed by atoms with Crippen molar-refractivity contribution in [2.45, 2.75) is 33.1 Å². The van der Waals surface area contributed by atoms with E-state index in [1.807, 2.05) is 6.92 Å². The molecule has 6 nitrogen and oxygen atoms in total. The van der Waals surface area contributed by atoms with Gasteiger partial charge in [-0.1, -0.05) is 6.92 Å². The van der Waals surface area contributed by atoms with Crippen molar-refractivity contribution in [3.05, 3.63) is 16.5 Å². The normalized spacial score (nSPS) is 11.2. The lowest BCUT2D eigenvalue weighted by Gasteiger charge is -2.05. The SMILES string of the molecule is CCOC(=O)c1cc(CC)sc1NC(=O)CCCS(C)(=O)=O. The number of hydrogen-bond donors (Lipinski definition) is 1. The molecule has 0 saturated carbocycles. The molecular weight excluding hydrogens is 326 g/mol. The summed E-state index contributed by atoms with van der Waals surface area (Å²) in [5, 5.41) is 3.13. The number of carbonyl (C=O) groups is 2. The fourth-order valence-electron chi connectivity index (χ4n) is 1.75. The van der Waals surface area contributed by atoms with Crippen molar-refractivity contribution in [2.24, 2.45) is 0 Å². The molecule has 22 heavy (non-hydrogen) atoms. The smallest absolute Gasteiger partial charge is 0.341 e. The lowest BCUT2D eigenvalue weighted by Crippen LogP contribution is -2.15. The summed E-state index contributed by atoms with van der Waals surface area (Å²) in [6.45, 7) is 3.94. The molecule has 1 amide bonds. The van der Waals surface area contributed by atoms with Gasteiger partial charge in [-0.15, -0.1) is 11.3 Å². The average Bonchev–Trinajstić information content (AvgIpc) is 2.80. The molecule has 0 aliphatic rings. The Morgan fingerprint density at radius 2 is 2.00 bits per heavy atom. The second kappa shape index (κ2) is 8.28. The standard InChI is InChI=1S/C14H21NO5S2/c1-4-10-9-11(14(17)20-5-2)13(21-10)15-12(16)7-6-8-22(3,18)19/h9H,4-8H2,1-3H3,(H,15,16). The highest BCUT2D eigenvalue weighted by molar-refractivity contribution is 7.90. The second-order valence-corrected chi connectivity index (χ2v) is 8.21. The van der Waals surface area contributed by atoms with Gasteiger partial charge in [-0.2, -0.15) is 0 Å². The molecule has 1 N–H and O–H groups in total. The van der Waals surface area contributed by atoms with E-state index in [-0.39, 0.29) is 31.1 Å². The van der Waals surface area contributed by atoms with Gasteiger partial charge in [0.1, 0.15) is 14.8 Å². The number of esters is 1. The Labute approximate surface area is 134 Å². The monoisotopic (exact) mass is 347 g/mol. The average molecular weight is 347 g/mol. The van der Waals surface area contributed by atoms with Crippen molar-refractivity contribution >= 4 is 38.1 Å². The highest BCUT2D eigenvalue weighted by Gasteiger charge is 2.18. The van der Waals surface area contributed by atoms with Crippen molar-refractivity contribution < 1.29 is 22.7 Å². The molecule has 0 fully saturated rings. The first-order chi connectivity index (χ1) is 10.3. The van der Waals surface area contributed by atoms with Crippen molar-refractivity contribution in [2.75, 3.05) is 23.9 Å². The van der Waals surface area contributed by atoms with Gasteiger partial charge in [0.25, 0.3) is 0 Å². The summed E-state index contributed by atoms with van der Waals surface area (Å²) in [5.41, 5.74) is 0.347. The van der Waals surface area contributed by atoms with Crippen LogP contribution < -0.4 is 5.32 Å². The van der Waals surface area contributed by atoms with Crippen LogP contribution in [0.3, 0.4) is 0 Å². The van der Waals surface area contributed by atoms with E-state index in [9.17, 15) is 18.0 Å². The van der Waals surface area contributed by atoms with E-state index >= 15 is 0 Å². The summed E-state index contributed by atoms with van der Waals surface area (Å²) in [4.78, 5) is 24.7. The molecule has 1 heterocycles. The van der Waals surface area contributed by atoms with Gasteiger partial charge in [-0.25, -0.2) is 13.2 Å². The third-order valence-corrected chi connectivity index (χ3v) is 5.02. The van der Waals surface area contributed by atoms with Crippen molar-refractivity contribution in [1.82, 2.24) is 0 Å². The maximum atomic E-state index is 11.9. The maximum absolute atomic E-state index is 11.9. The van der Waals surface area contributed by atoms with E-state index in [2.05, 4.69) is 5.32 Å². The molecule has 0 aliphatic carbocycles. The fraction of sp³-hybridized carbons (Fsp3) is 0.571. The Hall–Kier alpha value is -1.41. The molecular formula is C14H21NO5S2. The molecule has 124 valence electrons. The Morgan fingerprint density at radius 1 is 1.32 bits per heavy atom. The molecule has 0 bridgehead atoms. The summed E-state index contributed by atoms with van der Waals surface area (Å²) in [6.07, 6.45) is 2.23. The number of sulfone groups is 1. The lowest BCUT2D eigenvalue weighted by molar-refractivity contribution is -0.116. The lowest BCUT2D eigenvalue weighted by atomic mass is 10.2. The topological polar surface area (TPSA) is 89.5 Å². The first kappa shape index (κ1) is 18.6. The Bertz CT molecular complexity index is 634. The first-order valence-corrected chi connectivity index (χ1v) is 9.92. The number of nitrogens with one attached hydrogen (secondary N) is 1. The molecule has 1 aromatic rings. The van der Waals surface area contributed by atoms with Crippen LogP contribution in [0.5, 0.6) is 0 Å². The number of hydrogen-bond acceptors (Lipinski definition) is 6. The minimum atomic E-state index is -3.07. The predicted molar refractivity (Wildman–Crippen MR) is 87.2 cm³/mol. The number of carbonyl (C=O) groups excluding carboxylic acids is 2. The third-order valence-electron chi connectivity index (χ3n) is 2.80. The molecule has 8 heteroatoms. The van der Waals surface area contributed by atoms with Gasteiger partial charge >= 0.3 is 5.97 Å². The van der Waals surface area contributed by atoms with Crippen LogP contribution in [0.15, 0.2) is 6.07 Å². The summed E-state index contributed by atoms with van der Waals surface area (Å²) >= 11 is 1.33. The van der Waals surface area contributed by atoms with Crippen molar-refractivity contribution in [1.29, 1.82) is 0 Å². The van der Waals surface area contributed by atoms with Gasteiger partial charge in [0.2, 0.25) is 5.91 Å². The van der Waals surface area contributed by atoms with Gasteiger partial charge in [-0.3, -0.25) is 4.79 Å². The maximum Gasteiger partial charge on any atom is 0.341 e. The summed E-state index contributed by atoms with van der Waals surface area (Å²) < 4.78 is 27.0. The van der Waals surface area contributed by atoms with E-state index in [0.717, 1.165) is 17.6 Å². The Balaban J connectivity index is 2.73. The minimum Gasteiger partial charge on any atom is -0.462 e. The zero-order chi connectivity index (χ0) is 16.8. The fourth-order valence-corrected chi connectivity index (χ4v) is 3.42. The molecule has 0 unspecified atom stereocenters. The van der Waals surface area contributed by atoms with Crippen LogP contribution in [0.25, 0.3) is 0 Å².